The molecular weight excluding hydrogens is 246 g/mol. The van der Waals surface area contributed by atoms with Crippen molar-refractivity contribution in [3.8, 4) is 0 Å². The highest BCUT2D eigenvalue weighted by Crippen LogP contribution is 2.22. The van der Waals surface area contributed by atoms with Gasteiger partial charge in [0.25, 0.3) is 5.91 Å². The molecule has 1 aliphatic rings. The summed E-state index contributed by atoms with van der Waals surface area (Å²) < 4.78 is 5.07. The second-order valence-electron chi connectivity index (χ2n) is 4.58. The minimum atomic E-state index is -0.935. The summed E-state index contributed by atoms with van der Waals surface area (Å²) in [5.41, 5.74) is 1.31. The van der Waals surface area contributed by atoms with E-state index in [1.165, 1.54) is 4.90 Å². The van der Waals surface area contributed by atoms with Crippen molar-refractivity contribution in [1.82, 2.24) is 4.90 Å². The van der Waals surface area contributed by atoms with Crippen LogP contribution < -0.4 is 0 Å². The molecule has 5 heteroatoms. The molecule has 1 amide bonds. The van der Waals surface area contributed by atoms with Crippen molar-refractivity contribution in [1.29, 1.82) is 0 Å². The summed E-state index contributed by atoms with van der Waals surface area (Å²) in [7, 11) is 1.57. The fourth-order valence-corrected chi connectivity index (χ4v) is 2.43. The summed E-state index contributed by atoms with van der Waals surface area (Å²) in [5, 5.41) is 9.13. The monoisotopic (exact) mass is 263 g/mol. The van der Waals surface area contributed by atoms with Crippen molar-refractivity contribution in [2.45, 2.75) is 25.5 Å². The fraction of sp³-hybridized carbons (Fsp3) is 0.429. The number of rotatable bonds is 4. The zero-order valence-corrected chi connectivity index (χ0v) is 10.8. The van der Waals surface area contributed by atoms with Gasteiger partial charge in [-0.3, -0.25) is 4.79 Å². The number of carbonyl (C=O) groups is 2. The molecule has 0 spiro atoms. The molecule has 1 aromatic rings. The van der Waals surface area contributed by atoms with Crippen LogP contribution in [0.1, 0.15) is 28.8 Å². The van der Waals surface area contributed by atoms with E-state index in [1.54, 1.807) is 19.2 Å². The molecule has 1 atom stereocenters. The van der Waals surface area contributed by atoms with E-state index >= 15 is 0 Å². The molecule has 0 bridgehead atoms. The van der Waals surface area contributed by atoms with E-state index in [0.29, 0.717) is 25.1 Å². The number of ether oxygens (including phenoxy) is 1. The third-order valence-corrected chi connectivity index (χ3v) is 3.35. The molecule has 2 rings (SSSR count). The minimum Gasteiger partial charge on any atom is -0.480 e. The van der Waals surface area contributed by atoms with Crippen molar-refractivity contribution in [3.63, 3.8) is 0 Å². The molecule has 0 saturated carbocycles. The van der Waals surface area contributed by atoms with Crippen LogP contribution in [0.4, 0.5) is 0 Å². The summed E-state index contributed by atoms with van der Waals surface area (Å²) in [6, 6.07) is 6.45. The maximum atomic E-state index is 12.5. The number of aliphatic carboxylic acids is 1. The number of hydrogen-bond acceptors (Lipinski definition) is 3. The molecule has 1 fully saturated rings. The Kier molecular flexibility index (Phi) is 4.16. The summed E-state index contributed by atoms with van der Waals surface area (Å²) >= 11 is 0. The van der Waals surface area contributed by atoms with Crippen molar-refractivity contribution in [3.05, 3.63) is 35.4 Å². The number of amides is 1. The average Bonchev–Trinajstić information content (AvgIpc) is 2.88. The highest BCUT2D eigenvalue weighted by molar-refractivity contribution is 5.98. The number of likely N-dealkylation sites (tertiary alicyclic amines) is 1. The molecule has 1 saturated heterocycles. The molecule has 1 heterocycles. The van der Waals surface area contributed by atoms with Gasteiger partial charge in [0.15, 0.2) is 0 Å². The fourth-order valence-electron chi connectivity index (χ4n) is 2.43. The number of nitrogens with zero attached hydrogens (tertiary/aromatic N) is 1. The first-order valence-electron chi connectivity index (χ1n) is 6.25. The van der Waals surface area contributed by atoms with Crippen LogP contribution in [-0.2, 0) is 16.1 Å². The number of carboxylic acid groups (broad SMARTS) is 1. The molecule has 0 aliphatic carbocycles. The summed E-state index contributed by atoms with van der Waals surface area (Å²) in [5.74, 6) is -1.16. The topological polar surface area (TPSA) is 66.8 Å². The first-order chi connectivity index (χ1) is 9.15. The van der Waals surface area contributed by atoms with E-state index in [9.17, 15) is 9.59 Å². The van der Waals surface area contributed by atoms with Gasteiger partial charge in [-0.15, -0.1) is 0 Å². The van der Waals surface area contributed by atoms with Crippen LogP contribution in [0.25, 0.3) is 0 Å². The lowest BCUT2D eigenvalue weighted by atomic mass is 10.1. The number of benzene rings is 1. The lowest BCUT2D eigenvalue weighted by molar-refractivity contribution is -0.141. The van der Waals surface area contributed by atoms with Crippen LogP contribution >= 0.6 is 0 Å². The standard InChI is InChI=1S/C14H17NO4/c1-19-9-10-5-2-3-6-11(10)13(16)15-8-4-7-12(15)14(17)18/h2-3,5-6,12H,4,7-9H2,1H3,(H,17,18)/t12-/m1/s1. The molecule has 1 N–H and O–H groups in total. The minimum absolute atomic E-state index is 0.224. The van der Waals surface area contributed by atoms with Gasteiger partial charge in [-0.2, -0.15) is 0 Å². The Morgan fingerprint density at radius 3 is 2.84 bits per heavy atom. The zero-order valence-electron chi connectivity index (χ0n) is 10.8. The third kappa shape index (κ3) is 2.76. The van der Waals surface area contributed by atoms with Gasteiger partial charge in [0.1, 0.15) is 6.04 Å². The normalized spacial score (nSPS) is 18.6. The number of methoxy groups -OCH3 is 1. The Hall–Kier alpha value is -1.88. The number of hydrogen-bond donors (Lipinski definition) is 1. The van der Waals surface area contributed by atoms with Crippen molar-refractivity contribution < 1.29 is 19.4 Å². The van der Waals surface area contributed by atoms with Crippen LogP contribution in [0, 0.1) is 0 Å². The van der Waals surface area contributed by atoms with E-state index in [4.69, 9.17) is 9.84 Å². The SMILES string of the molecule is COCc1ccccc1C(=O)N1CCC[C@@H]1C(=O)O. The maximum Gasteiger partial charge on any atom is 0.326 e. The van der Waals surface area contributed by atoms with E-state index in [-0.39, 0.29) is 5.91 Å². The number of carbonyl (C=O) groups excluding carboxylic acids is 1. The Bertz CT molecular complexity index is 486. The van der Waals surface area contributed by atoms with Gasteiger partial charge in [0, 0.05) is 19.2 Å². The highest BCUT2D eigenvalue weighted by Gasteiger charge is 2.34. The van der Waals surface area contributed by atoms with Crippen molar-refractivity contribution in [2.75, 3.05) is 13.7 Å². The van der Waals surface area contributed by atoms with Crippen LogP contribution in [0.5, 0.6) is 0 Å². The van der Waals surface area contributed by atoms with E-state index in [0.717, 1.165) is 12.0 Å². The Morgan fingerprint density at radius 2 is 2.16 bits per heavy atom. The largest absolute Gasteiger partial charge is 0.480 e. The van der Waals surface area contributed by atoms with Gasteiger partial charge in [-0.1, -0.05) is 18.2 Å². The van der Waals surface area contributed by atoms with Gasteiger partial charge in [-0.05, 0) is 24.5 Å². The Balaban J connectivity index is 2.26. The quantitative estimate of drug-likeness (QED) is 0.894. The van der Waals surface area contributed by atoms with E-state index < -0.39 is 12.0 Å². The van der Waals surface area contributed by atoms with Gasteiger partial charge in [-0.25, -0.2) is 4.79 Å². The first kappa shape index (κ1) is 13.5. The molecule has 5 nitrogen and oxygen atoms in total. The van der Waals surface area contributed by atoms with Gasteiger partial charge >= 0.3 is 5.97 Å². The molecule has 0 radical (unpaired) electrons. The Labute approximate surface area is 111 Å². The zero-order chi connectivity index (χ0) is 13.8. The third-order valence-electron chi connectivity index (χ3n) is 3.35. The molecular formula is C14H17NO4. The predicted octanol–water partition coefficient (Wildman–Crippen LogP) is 1.52. The lowest BCUT2D eigenvalue weighted by Gasteiger charge is -2.22. The van der Waals surface area contributed by atoms with Crippen molar-refractivity contribution >= 4 is 11.9 Å². The molecule has 1 aliphatic heterocycles. The molecule has 1 aromatic carbocycles. The molecule has 102 valence electrons. The van der Waals surface area contributed by atoms with Gasteiger partial charge in [0.05, 0.1) is 6.61 Å². The van der Waals surface area contributed by atoms with Gasteiger partial charge in [0.2, 0.25) is 0 Å². The second-order valence-corrected chi connectivity index (χ2v) is 4.58. The summed E-state index contributed by atoms with van der Waals surface area (Å²) in [6.45, 7) is 0.838. The predicted molar refractivity (Wildman–Crippen MR) is 68.8 cm³/mol. The average molecular weight is 263 g/mol. The molecule has 0 aromatic heterocycles. The lowest BCUT2D eigenvalue weighted by Crippen LogP contribution is -2.40. The second kappa shape index (κ2) is 5.84. The van der Waals surface area contributed by atoms with Gasteiger partial charge < -0.3 is 14.7 Å². The van der Waals surface area contributed by atoms with Crippen LogP contribution in [0.2, 0.25) is 0 Å². The smallest absolute Gasteiger partial charge is 0.326 e. The highest BCUT2D eigenvalue weighted by atomic mass is 16.5. The Morgan fingerprint density at radius 1 is 1.42 bits per heavy atom. The molecule has 0 unspecified atom stereocenters. The van der Waals surface area contributed by atoms with Crippen molar-refractivity contribution in [2.24, 2.45) is 0 Å². The van der Waals surface area contributed by atoms with Crippen LogP contribution in [0.3, 0.4) is 0 Å². The first-order valence-corrected chi connectivity index (χ1v) is 6.25. The number of carboxylic acids is 1. The van der Waals surface area contributed by atoms with Crippen LogP contribution in [-0.4, -0.2) is 41.6 Å². The maximum absolute atomic E-state index is 12.5. The van der Waals surface area contributed by atoms with E-state index in [2.05, 4.69) is 0 Å². The molecule has 19 heavy (non-hydrogen) atoms. The summed E-state index contributed by atoms with van der Waals surface area (Å²) in [6.07, 6.45) is 1.25. The van der Waals surface area contributed by atoms with Crippen LogP contribution in [0.15, 0.2) is 24.3 Å². The van der Waals surface area contributed by atoms with E-state index in [1.807, 2.05) is 12.1 Å². The summed E-state index contributed by atoms with van der Waals surface area (Å²) in [4.78, 5) is 25.0.